The fourth-order valence-electron chi connectivity index (χ4n) is 3.59. The molecule has 10 heteroatoms. The lowest BCUT2D eigenvalue weighted by Gasteiger charge is -2.25. The summed E-state index contributed by atoms with van der Waals surface area (Å²) in [5.41, 5.74) is 1.29. The van der Waals surface area contributed by atoms with Crippen LogP contribution in [0.1, 0.15) is 5.56 Å². The largest absolute Gasteiger partial charge is 0.495 e. The molecule has 2 aliphatic rings. The molecule has 0 aliphatic carbocycles. The van der Waals surface area contributed by atoms with Crippen molar-refractivity contribution in [3.05, 3.63) is 58.9 Å². The molecule has 4 rings (SSSR count). The number of fused-ring (bicyclic) bond motifs is 1. The van der Waals surface area contributed by atoms with Crippen LogP contribution in [0.15, 0.2) is 47.5 Å². The van der Waals surface area contributed by atoms with Crippen LogP contribution in [-0.4, -0.2) is 49.4 Å². The molecule has 2 heterocycles. The van der Waals surface area contributed by atoms with Gasteiger partial charge < -0.3 is 9.64 Å². The third kappa shape index (κ3) is 4.33. The number of hydrogen-bond donors (Lipinski definition) is 0. The van der Waals surface area contributed by atoms with E-state index in [9.17, 15) is 17.6 Å². The molecule has 158 valence electrons. The maximum Gasteiger partial charge on any atom is 0.252 e. The van der Waals surface area contributed by atoms with E-state index in [1.807, 2.05) is 0 Å². The van der Waals surface area contributed by atoms with Crippen molar-refractivity contribution in [3.8, 4) is 5.75 Å². The average molecular weight is 469 g/mol. The number of ether oxygens (including phenoxy) is 1. The molecule has 2 aromatic carbocycles. The minimum Gasteiger partial charge on any atom is -0.495 e. The van der Waals surface area contributed by atoms with E-state index in [-0.39, 0.29) is 35.0 Å². The third-order valence-corrected chi connectivity index (χ3v) is 8.47. The van der Waals surface area contributed by atoms with Crippen molar-refractivity contribution >= 4 is 50.0 Å². The summed E-state index contributed by atoms with van der Waals surface area (Å²) in [4.78, 5) is 18.6. The molecule has 2 aliphatic heterocycles. The number of amidine groups is 1. The van der Waals surface area contributed by atoms with Crippen molar-refractivity contribution in [1.82, 2.24) is 0 Å². The van der Waals surface area contributed by atoms with E-state index in [4.69, 9.17) is 16.3 Å². The summed E-state index contributed by atoms with van der Waals surface area (Å²) in [7, 11) is -1.66. The van der Waals surface area contributed by atoms with Crippen molar-refractivity contribution in [3.63, 3.8) is 0 Å². The van der Waals surface area contributed by atoms with Gasteiger partial charge in [0.15, 0.2) is 15.0 Å². The van der Waals surface area contributed by atoms with E-state index in [1.165, 1.54) is 43.1 Å². The Balaban J connectivity index is 1.65. The summed E-state index contributed by atoms with van der Waals surface area (Å²) in [6.45, 7) is 0. The van der Waals surface area contributed by atoms with Crippen LogP contribution in [0.4, 0.5) is 10.1 Å². The Bertz CT molecular complexity index is 1120. The SMILES string of the molecule is COc1ccc(N2C(=NC(=O)Cc3ccc(F)cc3)S[C@H]3CS(=O)(=O)C[C@@H]32)cc1Cl. The number of thioether (sulfide) groups is 1. The Morgan fingerprint density at radius 1 is 1.27 bits per heavy atom. The fourth-order valence-corrected chi connectivity index (χ4v) is 7.78. The smallest absolute Gasteiger partial charge is 0.252 e. The topological polar surface area (TPSA) is 76.0 Å². The molecule has 0 bridgehead atoms. The summed E-state index contributed by atoms with van der Waals surface area (Å²) in [6.07, 6.45) is 0.0230. The maximum atomic E-state index is 13.1. The Hall–Kier alpha value is -2.10. The Kier molecular flexibility index (Phi) is 5.78. The zero-order valence-electron chi connectivity index (χ0n) is 15.9. The molecule has 0 unspecified atom stereocenters. The Morgan fingerprint density at radius 2 is 2.00 bits per heavy atom. The molecule has 2 fully saturated rings. The van der Waals surface area contributed by atoms with Gasteiger partial charge in [-0.15, -0.1) is 0 Å². The number of hydrogen-bond acceptors (Lipinski definition) is 5. The van der Waals surface area contributed by atoms with E-state index in [0.717, 1.165) is 0 Å². The Morgan fingerprint density at radius 3 is 2.67 bits per heavy atom. The summed E-state index contributed by atoms with van der Waals surface area (Å²) in [5, 5.41) is 0.600. The predicted octanol–water partition coefficient (Wildman–Crippen LogP) is 3.33. The van der Waals surface area contributed by atoms with Crippen molar-refractivity contribution < 1.29 is 22.3 Å². The van der Waals surface area contributed by atoms with Crippen LogP contribution in [-0.2, 0) is 21.1 Å². The second kappa shape index (κ2) is 8.20. The number of methoxy groups -OCH3 is 1. The van der Waals surface area contributed by atoms with Gasteiger partial charge >= 0.3 is 0 Å². The molecule has 1 amide bonds. The highest BCUT2D eigenvalue weighted by Crippen LogP contribution is 2.42. The van der Waals surface area contributed by atoms with Crippen LogP contribution in [0.3, 0.4) is 0 Å². The second-order valence-corrected chi connectivity index (χ2v) is 10.8. The number of carbonyl (C=O) groups excluding carboxylic acids is 1. The van der Waals surface area contributed by atoms with Gasteiger partial charge in [0.1, 0.15) is 11.6 Å². The van der Waals surface area contributed by atoms with Crippen LogP contribution >= 0.6 is 23.4 Å². The number of benzene rings is 2. The molecule has 2 saturated heterocycles. The molecule has 2 aromatic rings. The zero-order chi connectivity index (χ0) is 21.5. The summed E-state index contributed by atoms with van der Waals surface area (Å²) < 4.78 is 42.6. The summed E-state index contributed by atoms with van der Waals surface area (Å²) >= 11 is 7.55. The lowest BCUT2D eigenvalue weighted by molar-refractivity contribution is -0.117. The first-order valence-electron chi connectivity index (χ1n) is 9.11. The van der Waals surface area contributed by atoms with Gasteiger partial charge in [-0.2, -0.15) is 4.99 Å². The highest BCUT2D eigenvalue weighted by Gasteiger charge is 2.49. The van der Waals surface area contributed by atoms with Crippen LogP contribution in [0.2, 0.25) is 5.02 Å². The van der Waals surface area contributed by atoms with Crippen molar-refractivity contribution in [2.45, 2.75) is 17.7 Å². The molecule has 0 N–H and O–H groups in total. The van der Waals surface area contributed by atoms with Gasteiger partial charge in [0.05, 0.1) is 36.1 Å². The molecule has 30 heavy (non-hydrogen) atoms. The number of aliphatic imine (C=N–C) groups is 1. The fraction of sp³-hybridized carbons (Fsp3) is 0.300. The normalized spacial score (nSPS) is 23.6. The predicted molar refractivity (Wildman–Crippen MR) is 117 cm³/mol. The number of nitrogens with zero attached hydrogens (tertiary/aromatic N) is 2. The lowest BCUT2D eigenvalue weighted by atomic mass is 10.1. The lowest BCUT2D eigenvalue weighted by Crippen LogP contribution is -2.37. The second-order valence-electron chi connectivity index (χ2n) is 7.08. The zero-order valence-corrected chi connectivity index (χ0v) is 18.3. The van der Waals surface area contributed by atoms with Gasteiger partial charge in [-0.05, 0) is 35.9 Å². The molecule has 0 saturated carbocycles. The van der Waals surface area contributed by atoms with E-state index >= 15 is 0 Å². The molecular weight excluding hydrogens is 451 g/mol. The molecule has 0 radical (unpaired) electrons. The van der Waals surface area contributed by atoms with E-state index in [0.29, 0.717) is 27.2 Å². The van der Waals surface area contributed by atoms with E-state index in [2.05, 4.69) is 4.99 Å². The average Bonchev–Trinajstić information content (AvgIpc) is 3.14. The monoisotopic (exact) mass is 468 g/mol. The number of amides is 1. The first-order valence-corrected chi connectivity index (χ1v) is 12.2. The Labute approximate surface area is 183 Å². The van der Waals surface area contributed by atoms with Crippen molar-refractivity contribution in [2.75, 3.05) is 23.5 Å². The summed E-state index contributed by atoms with van der Waals surface area (Å²) in [5.74, 6) is -0.251. The standard InChI is InChI=1S/C20H18ClFN2O4S2/c1-28-17-7-6-14(9-15(17)21)24-16-10-30(26,27)11-18(16)29-20(24)23-19(25)8-12-2-4-13(22)5-3-12/h2-7,9,16,18H,8,10-11H2,1H3/t16-,18-/m0/s1. The highest BCUT2D eigenvalue weighted by atomic mass is 35.5. The van der Waals surface area contributed by atoms with Gasteiger partial charge in [0.25, 0.3) is 5.91 Å². The molecule has 0 spiro atoms. The number of carbonyl (C=O) groups is 1. The van der Waals surface area contributed by atoms with Crippen LogP contribution in [0, 0.1) is 5.82 Å². The quantitative estimate of drug-likeness (QED) is 0.685. The minimum atomic E-state index is -3.17. The van der Waals surface area contributed by atoms with E-state index < -0.39 is 15.7 Å². The van der Waals surface area contributed by atoms with Gasteiger partial charge in [0, 0.05) is 10.9 Å². The molecule has 0 aromatic heterocycles. The minimum absolute atomic E-state index is 0.0144. The van der Waals surface area contributed by atoms with Gasteiger partial charge in [-0.3, -0.25) is 4.79 Å². The number of anilines is 1. The first kappa shape index (κ1) is 21.1. The maximum absolute atomic E-state index is 13.1. The van der Waals surface area contributed by atoms with Gasteiger partial charge in [-0.25, -0.2) is 12.8 Å². The van der Waals surface area contributed by atoms with Crippen molar-refractivity contribution in [2.24, 2.45) is 4.99 Å². The van der Waals surface area contributed by atoms with Crippen molar-refractivity contribution in [1.29, 1.82) is 0 Å². The van der Waals surface area contributed by atoms with Gasteiger partial charge in [-0.1, -0.05) is 35.5 Å². The molecule has 6 nitrogen and oxygen atoms in total. The summed E-state index contributed by atoms with van der Waals surface area (Å²) in [6, 6.07) is 10.5. The van der Waals surface area contributed by atoms with Crippen LogP contribution < -0.4 is 9.64 Å². The molecule has 2 atom stereocenters. The highest BCUT2D eigenvalue weighted by molar-refractivity contribution is 8.16. The molecular formula is C20H18ClFN2O4S2. The van der Waals surface area contributed by atoms with Crippen LogP contribution in [0.5, 0.6) is 5.75 Å². The number of rotatable bonds is 4. The number of sulfone groups is 1. The van der Waals surface area contributed by atoms with E-state index in [1.54, 1.807) is 23.1 Å². The number of halogens is 2. The van der Waals surface area contributed by atoms with Crippen LogP contribution in [0.25, 0.3) is 0 Å². The first-order chi connectivity index (χ1) is 14.3. The van der Waals surface area contributed by atoms with Gasteiger partial charge in [0.2, 0.25) is 0 Å². The third-order valence-electron chi connectivity index (χ3n) is 4.97.